The summed E-state index contributed by atoms with van der Waals surface area (Å²) in [5.74, 6) is 0.847. The normalized spacial score (nSPS) is 16.4. The zero-order valence-corrected chi connectivity index (χ0v) is 19.1. The van der Waals surface area contributed by atoms with E-state index in [0.717, 1.165) is 38.4 Å². The molecule has 1 aromatic carbocycles. The van der Waals surface area contributed by atoms with Gasteiger partial charge >= 0.3 is 6.09 Å². The van der Waals surface area contributed by atoms with Crippen LogP contribution in [0.4, 0.5) is 4.79 Å². The highest BCUT2D eigenvalue weighted by Gasteiger charge is 2.24. The first-order valence-corrected chi connectivity index (χ1v) is 11.4. The first-order chi connectivity index (χ1) is 14.6. The maximum absolute atomic E-state index is 11.9. The smallest absolute Gasteiger partial charge is 0.409 e. The predicted octanol–water partition coefficient (Wildman–Crippen LogP) is 3.25. The quantitative estimate of drug-likeness (QED) is 0.477. The molecule has 7 heteroatoms. The number of nitrogens with one attached hydrogen (secondary N) is 2. The number of guanidine groups is 1. The average molecular weight is 418 g/mol. The van der Waals surface area contributed by atoms with Gasteiger partial charge < -0.3 is 20.3 Å². The van der Waals surface area contributed by atoms with E-state index in [1.807, 2.05) is 6.92 Å². The number of hydrogen-bond acceptors (Lipinski definition) is 4. The van der Waals surface area contributed by atoms with Crippen LogP contribution in [0.3, 0.4) is 0 Å². The fourth-order valence-electron chi connectivity index (χ4n) is 3.88. The molecule has 1 amide bonds. The van der Waals surface area contributed by atoms with E-state index in [4.69, 9.17) is 9.73 Å². The molecular formula is C23H39N5O2. The number of likely N-dealkylation sites (tertiary alicyclic amines) is 1. The number of amides is 1. The summed E-state index contributed by atoms with van der Waals surface area (Å²) in [4.78, 5) is 21.1. The fraction of sp³-hybridized carbons (Fsp3) is 0.652. The topological polar surface area (TPSA) is 69.2 Å². The molecule has 1 heterocycles. The zero-order chi connectivity index (χ0) is 21.8. The molecule has 0 bridgehead atoms. The molecule has 0 radical (unpaired) electrons. The minimum absolute atomic E-state index is 0.207. The Morgan fingerprint density at radius 3 is 2.40 bits per heavy atom. The van der Waals surface area contributed by atoms with Crippen molar-refractivity contribution in [3.63, 3.8) is 0 Å². The second-order valence-corrected chi connectivity index (χ2v) is 7.47. The molecule has 1 aromatic rings. The molecule has 1 aliphatic rings. The van der Waals surface area contributed by atoms with Gasteiger partial charge in [-0.15, -0.1) is 0 Å². The Morgan fingerprint density at radius 1 is 1.17 bits per heavy atom. The maximum Gasteiger partial charge on any atom is 0.409 e. The Labute approximate surface area is 181 Å². The van der Waals surface area contributed by atoms with Gasteiger partial charge in [-0.1, -0.05) is 44.2 Å². The Kier molecular flexibility index (Phi) is 10.5. The predicted molar refractivity (Wildman–Crippen MR) is 123 cm³/mol. The van der Waals surface area contributed by atoms with Gasteiger partial charge in [-0.05, 0) is 45.3 Å². The molecule has 1 aliphatic heterocycles. The van der Waals surface area contributed by atoms with Crippen LogP contribution in [0, 0.1) is 0 Å². The second-order valence-electron chi connectivity index (χ2n) is 7.47. The molecule has 0 aromatic heterocycles. The van der Waals surface area contributed by atoms with Crippen molar-refractivity contribution in [1.29, 1.82) is 0 Å². The molecular weight excluding hydrogens is 378 g/mol. The third-order valence-corrected chi connectivity index (χ3v) is 5.57. The number of carbonyl (C=O) groups is 1. The van der Waals surface area contributed by atoms with Gasteiger partial charge in [0.25, 0.3) is 0 Å². The maximum atomic E-state index is 11.9. The fourth-order valence-corrected chi connectivity index (χ4v) is 3.88. The number of carbonyl (C=O) groups excluding carboxylic acids is 1. The lowest BCUT2D eigenvalue weighted by atomic mass is 10.1. The highest BCUT2D eigenvalue weighted by Crippen LogP contribution is 2.20. The monoisotopic (exact) mass is 417 g/mol. The summed E-state index contributed by atoms with van der Waals surface area (Å²) < 4.78 is 5.11. The number of likely N-dealkylation sites (N-methyl/N-ethyl adjacent to an activating group) is 1. The lowest BCUT2D eigenvalue weighted by Crippen LogP contribution is -2.50. The van der Waals surface area contributed by atoms with Crippen LogP contribution in [-0.4, -0.2) is 73.8 Å². The molecule has 0 saturated carbocycles. The van der Waals surface area contributed by atoms with Crippen LogP contribution in [0.5, 0.6) is 0 Å². The van der Waals surface area contributed by atoms with E-state index < -0.39 is 0 Å². The number of aliphatic imine (C=N–C) groups is 1. The second kappa shape index (κ2) is 13.1. The van der Waals surface area contributed by atoms with Crippen molar-refractivity contribution in [2.45, 2.75) is 52.6 Å². The number of ether oxygens (including phenoxy) is 1. The zero-order valence-electron chi connectivity index (χ0n) is 19.1. The summed E-state index contributed by atoms with van der Waals surface area (Å²) in [7, 11) is 0. The molecule has 1 fully saturated rings. The molecule has 1 atom stereocenters. The number of rotatable bonds is 9. The SMILES string of the molecule is CCNC(=NCC(c1ccccc1)N(CC)CC)NC1CCN(C(=O)OCC)CC1. The molecule has 1 saturated heterocycles. The Hall–Kier alpha value is -2.28. The molecule has 2 rings (SSSR count). The van der Waals surface area contributed by atoms with Crippen molar-refractivity contribution in [2.75, 3.05) is 45.9 Å². The van der Waals surface area contributed by atoms with Crippen molar-refractivity contribution in [1.82, 2.24) is 20.4 Å². The van der Waals surface area contributed by atoms with Gasteiger partial charge in [-0.2, -0.15) is 0 Å². The van der Waals surface area contributed by atoms with Crippen LogP contribution in [0.1, 0.15) is 52.1 Å². The largest absolute Gasteiger partial charge is 0.450 e. The number of benzene rings is 1. The molecule has 30 heavy (non-hydrogen) atoms. The van der Waals surface area contributed by atoms with E-state index in [9.17, 15) is 4.79 Å². The van der Waals surface area contributed by atoms with Gasteiger partial charge in [0.15, 0.2) is 5.96 Å². The van der Waals surface area contributed by atoms with Gasteiger partial charge in [-0.25, -0.2) is 4.79 Å². The summed E-state index contributed by atoms with van der Waals surface area (Å²) >= 11 is 0. The first-order valence-electron chi connectivity index (χ1n) is 11.4. The van der Waals surface area contributed by atoms with E-state index >= 15 is 0 Å². The van der Waals surface area contributed by atoms with Gasteiger partial charge in [0.1, 0.15) is 0 Å². The third-order valence-electron chi connectivity index (χ3n) is 5.57. The molecule has 1 unspecified atom stereocenters. The van der Waals surface area contributed by atoms with Crippen molar-refractivity contribution in [3.05, 3.63) is 35.9 Å². The van der Waals surface area contributed by atoms with Crippen molar-refractivity contribution in [3.8, 4) is 0 Å². The highest BCUT2D eigenvalue weighted by molar-refractivity contribution is 5.80. The lowest BCUT2D eigenvalue weighted by Gasteiger charge is -2.33. The summed E-state index contributed by atoms with van der Waals surface area (Å²) in [6.07, 6.45) is 1.57. The molecule has 0 spiro atoms. The standard InChI is InChI=1S/C23H39N5O2/c1-5-24-22(26-20-14-16-28(17-15-20)23(29)30-8-4)25-18-21(27(6-2)7-3)19-12-10-9-11-13-19/h9-13,20-21H,5-8,14-18H2,1-4H3,(H2,24,25,26). The summed E-state index contributed by atoms with van der Waals surface area (Å²) in [6, 6.07) is 11.2. The van der Waals surface area contributed by atoms with Gasteiger partial charge in [0.05, 0.1) is 19.2 Å². The summed E-state index contributed by atoms with van der Waals surface area (Å²) in [6.45, 7) is 13.6. The molecule has 168 valence electrons. The Morgan fingerprint density at radius 2 is 1.83 bits per heavy atom. The van der Waals surface area contributed by atoms with Gasteiger partial charge in [0, 0.05) is 25.7 Å². The summed E-state index contributed by atoms with van der Waals surface area (Å²) in [5.41, 5.74) is 1.29. The molecule has 0 aliphatic carbocycles. The minimum Gasteiger partial charge on any atom is -0.450 e. The van der Waals surface area contributed by atoms with E-state index in [1.165, 1.54) is 5.56 Å². The van der Waals surface area contributed by atoms with Crippen molar-refractivity contribution in [2.24, 2.45) is 4.99 Å². The van der Waals surface area contributed by atoms with Crippen LogP contribution in [0.2, 0.25) is 0 Å². The van der Waals surface area contributed by atoms with Gasteiger partial charge in [0.2, 0.25) is 0 Å². The third kappa shape index (κ3) is 7.20. The Balaban J connectivity index is 2.01. The van der Waals surface area contributed by atoms with Crippen LogP contribution < -0.4 is 10.6 Å². The summed E-state index contributed by atoms with van der Waals surface area (Å²) in [5, 5.41) is 6.95. The van der Waals surface area contributed by atoms with Crippen LogP contribution in [0.15, 0.2) is 35.3 Å². The number of piperidine rings is 1. The number of hydrogen-bond donors (Lipinski definition) is 2. The molecule has 7 nitrogen and oxygen atoms in total. The minimum atomic E-state index is -0.207. The van der Waals surface area contributed by atoms with Crippen LogP contribution >= 0.6 is 0 Å². The van der Waals surface area contributed by atoms with E-state index in [1.54, 1.807) is 4.90 Å². The highest BCUT2D eigenvalue weighted by atomic mass is 16.6. The molecule has 2 N–H and O–H groups in total. The van der Waals surface area contributed by atoms with E-state index in [-0.39, 0.29) is 12.1 Å². The van der Waals surface area contributed by atoms with Crippen molar-refractivity contribution >= 4 is 12.1 Å². The van der Waals surface area contributed by atoms with E-state index in [2.05, 4.69) is 66.6 Å². The Bertz CT molecular complexity index is 640. The average Bonchev–Trinajstić information content (AvgIpc) is 2.78. The number of nitrogens with zero attached hydrogens (tertiary/aromatic N) is 3. The van der Waals surface area contributed by atoms with Crippen LogP contribution in [0.25, 0.3) is 0 Å². The van der Waals surface area contributed by atoms with E-state index in [0.29, 0.717) is 32.3 Å². The van der Waals surface area contributed by atoms with Crippen molar-refractivity contribution < 1.29 is 9.53 Å². The first kappa shape index (κ1) is 24.0. The van der Waals surface area contributed by atoms with Crippen LogP contribution in [-0.2, 0) is 4.74 Å². The van der Waals surface area contributed by atoms with Gasteiger partial charge in [-0.3, -0.25) is 9.89 Å². The lowest BCUT2D eigenvalue weighted by molar-refractivity contribution is 0.0963.